The first kappa shape index (κ1) is 29.0. The van der Waals surface area contributed by atoms with Crippen molar-refractivity contribution < 1.29 is 77.9 Å². The van der Waals surface area contributed by atoms with Gasteiger partial charge < -0.3 is 0 Å². The van der Waals surface area contributed by atoms with E-state index in [-0.39, 0.29) is 0 Å². The fourth-order valence-electron chi connectivity index (χ4n) is 1.80. The normalized spacial score (nSPS) is 17.6. The number of hydrogen-bond donors (Lipinski definition) is 0. The highest BCUT2D eigenvalue weighted by Crippen LogP contribution is 2.42. The Morgan fingerprint density at radius 2 is 1.03 bits per heavy atom. The van der Waals surface area contributed by atoms with Crippen LogP contribution in [0.25, 0.3) is 0 Å². The molecular formula is C9H8F12O6S3. The quantitative estimate of drug-likeness (QED) is 0.464. The third-order valence-electron chi connectivity index (χ3n) is 2.99. The second kappa shape index (κ2) is 8.17. The average Bonchev–Trinajstić information content (AvgIpc) is 2.37. The molecule has 0 aromatic rings. The molecule has 0 fully saturated rings. The Morgan fingerprint density at radius 1 is 0.633 bits per heavy atom. The summed E-state index contributed by atoms with van der Waals surface area (Å²) in [6.45, 7) is 0. The molecule has 0 amide bonds. The van der Waals surface area contributed by atoms with Gasteiger partial charge in [0.15, 0.2) is 24.9 Å². The van der Waals surface area contributed by atoms with Crippen molar-refractivity contribution in [3.8, 4) is 0 Å². The number of sulfone groups is 3. The fourth-order valence-corrected chi connectivity index (χ4v) is 10.4. The minimum Gasteiger partial charge on any atom is -0.226 e. The van der Waals surface area contributed by atoms with Crippen LogP contribution in [0.15, 0.2) is 0 Å². The topological polar surface area (TPSA) is 102 Å². The van der Waals surface area contributed by atoms with Gasteiger partial charge in [-0.05, 0) is 0 Å². The van der Waals surface area contributed by atoms with Crippen molar-refractivity contribution in [2.24, 2.45) is 0 Å². The minimum absolute atomic E-state index is 2.70. The highest BCUT2D eigenvalue weighted by molar-refractivity contribution is 8.24. The lowest BCUT2D eigenvalue weighted by molar-refractivity contribution is -0.179. The maximum atomic E-state index is 12.8. The molecule has 0 radical (unpaired) electrons. The first-order valence-corrected chi connectivity index (χ1v) is 11.5. The number of hydrogen-bond acceptors (Lipinski definition) is 6. The van der Waals surface area contributed by atoms with E-state index in [0.717, 1.165) is 0 Å². The summed E-state index contributed by atoms with van der Waals surface area (Å²) in [5, 5.41) is -5.03. The zero-order chi connectivity index (χ0) is 24.8. The van der Waals surface area contributed by atoms with Crippen molar-refractivity contribution >= 4 is 29.5 Å². The zero-order valence-electron chi connectivity index (χ0n) is 13.5. The molecule has 0 heterocycles. The number of alkyl halides is 12. The van der Waals surface area contributed by atoms with Crippen LogP contribution in [0.4, 0.5) is 52.7 Å². The maximum absolute atomic E-state index is 12.8. The Kier molecular flexibility index (Phi) is 7.90. The molecule has 0 aromatic carbocycles. The van der Waals surface area contributed by atoms with E-state index in [2.05, 4.69) is 0 Å². The Balaban J connectivity index is 7.00. The van der Waals surface area contributed by atoms with Crippen LogP contribution in [0.1, 0.15) is 12.8 Å². The molecule has 0 N–H and O–H groups in total. The lowest BCUT2D eigenvalue weighted by atomic mass is 10.3. The van der Waals surface area contributed by atoms with Crippen LogP contribution in [0.3, 0.4) is 0 Å². The van der Waals surface area contributed by atoms with Gasteiger partial charge in [-0.2, -0.15) is 52.7 Å². The van der Waals surface area contributed by atoms with Crippen molar-refractivity contribution in [1.29, 1.82) is 0 Å². The first-order chi connectivity index (χ1) is 12.7. The van der Waals surface area contributed by atoms with E-state index in [1.165, 1.54) is 0 Å². The van der Waals surface area contributed by atoms with Crippen LogP contribution in [0.5, 0.6) is 0 Å². The summed E-state index contributed by atoms with van der Waals surface area (Å²) in [6, 6.07) is 0. The molecule has 182 valence electrons. The molecule has 0 aliphatic heterocycles. The van der Waals surface area contributed by atoms with E-state index in [0.29, 0.717) is 0 Å². The molecule has 0 rings (SSSR count). The summed E-state index contributed by atoms with van der Waals surface area (Å²) in [5.41, 5.74) is -6.97. The second-order valence-electron chi connectivity index (χ2n) is 5.45. The zero-order valence-corrected chi connectivity index (χ0v) is 15.9. The van der Waals surface area contributed by atoms with Gasteiger partial charge in [-0.1, -0.05) is 0 Å². The van der Waals surface area contributed by atoms with Crippen LogP contribution in [-0.4, -0.2) is 64.2 Å². The summed E-state index contributed by atoms with van der Waals surface area (Å²) in [6.07, 6.45) is -24.6. The van der Waals surface area contributed by atoms with Crippen molar-refractivity contribution in [3.05, 3.63) is 0 Å². The molecule has 0 spiro atoms. The van der Waals surface area contributed by atoms with E-state index < -0.39 is 81.3 Å². The molecule has 6 nitrogen and oxygen atoms in total. The molecule has 2 unspecified atom stereocenters. The summed E-state index contributed by atoms with van der Waals surface area (Å²) in [7, 11) is -22.1. The summed E-state index contributed by atoms with van der Waals surface area (Å²) in [5.74, 6) is -2.77. The van der Waals surface area contributed by atoms with Crippen LogP contribution in [-0.2, 0) is 29.5 Å². The molecule has 0 saturated carbocycles. The van der Waals surface area contributed by atoms with Gasteiger partial charge in [0.2, 0.25) is 0 Å². The molecule has 30 heavy (non-hydrogen) atoms. The lowest BCUT2D eigenvalue weighted by Gasteiger charge is -2.27. The smallest absolute Gasteiger partial charge is 0.226 e. The van der Waals surface area contributed by atoms with Crippen LogP contribution in [0, 0.1) is 0 Å². The highest BCUT2D eigenvalue weighted by Gasteiger charge is 2.67. The van der Waals surface area contributed by atoms with Gasteiger partial charge in [0.1, 0.15) is 0 Å². The molecule has 0 aliphatic carbocycles. The summed E-state index contributed by atoms with van der Waals surface area (Å²) >= 11 is 0. The SMILES string of the molecule is O=S(=O)(CCC(F)(F)F)C(S(=O)(=O)C(CC(F)(F)F)C(F)(F)F)S(=O)(=O)C(F)(F)F. The lowest BCUT2D eigenvalue weighted by Crippen LogP contribution is -2.53. The van der Waals surface area contributed by atoms with Crippen molar-refractivity contribution in [1.82, 2.24) is 0 Å². The maximum Gasteiger partial charge on any atom is 0.499 e. The molecule has 0 bridgehead atoms. The van der Waals surface area contributed by atoms with E-state index in [1.54, 1.807) is 0 Å². The number of rotatable bonds is 7. The molecule has 0 saturated heterocycles. The minimum atomic E-state index is -7.79. The highest BCUT2D eigenvalue weighted by atomic mass is 32.3. The van der Waals surface area contributed by atoms with Crippen LogP contribution in [0.2, 0.25) is 0 Å². The predicted molar refractivity (Wildman–Crippen MR) is 72.7 cm³/mol. The molecule has 0 aromatic heterocycles. The Morgan fingerprint density at radius 3 is 1.30 bits per heavy atom. The number of halogens is 12. The van der Waals surface area contributed by atoms with E-state index in [1.807, 2.05) is 0 Å². The average molecular weight is 536 g/mol. The van der Waals surface area contributed by atoms with Crippen LogP contribution >= 0.6 is 0 Å². The largest absolute Gasteiger partial charge is 0.499 e. The van der Waals surface area contributed by atoms with Gasteiger partial charge in [-0.15, -0.1) is 0 Å². The van der Waals surface area contributed by atoms with Gasteiger partial charge in [0.05, 0.1) is 18.6 Å². The van der Waals surface area contributed by atoms with Gasteiger partial charge in [-0.3, -0.25) is 0 Å². The van der Waals surface area contributed by atoms with Crippen molar-refractivity contribution in [2.45, 2.75) is 46.0 Å². The molecule has 2 atom stereocenters. The van der Waals surface area contributed by atoms with Crippen LogP contribution < -0.4 is 0 Å². The fraction of sp³-hybridized carbons (Fsp3) is 1.00. The third-order valence-corrected chi connectivity index (χ3v) is 12.2. The monoisotopic (exact) mass is 536 g/mol. The Hall–Kier alpha value is -0.990. The molecular weight excluding hydrogens is 528 g/mol. The van der Waals surface area contributed by atoms with Gasteiger partial charge in [-0.25, -0.2) is 25.3 Å². The summed E-state index contributed by atoms with van der Waals surface area (Å²) in [4.78, 5) is 0. The molecule has 0 aliphatic rings. The van der Waals surface area contributed by atoms with E-state index in [9.17, 15) is 77.9 Å². The molecule has 21 heteroatoms. The second-order valence-corrected chi connectivity index (χ2v) is 12.8. The summed E-state index contributed by atoms with van der Waals surface area (Å²) < 4.78 is 214. The first-order valence-electron chi connectivity index (χ1n) is 6.61. The predicted octanol–water partition coefficient (Wildman–Crippen LogP) is 2.87. The standard InChI is InChI=1S/C9H8F12O6S3/c10-6(11,12)1-2-28(22,23)5(30(26,27)9(19,20)21)29(24,25)4(8(16,17)18)3-7(13,14)15/h4-5H,1-3H2. The Bertz CT molecular complexity index is 920. The van der Waals surface area contributed by atoms with Gasteiger partial charge >= 0.3 is 24.0 Å². The van der Waals surface area contributed by atoms with E-state index >= 15 is 0 Å². The van der Waals surface area contributed by atoms with Crippen molar-refractivity contribution in [3.63, 3.8) is 0 Å². The third kappa shape index (κ3) is 7.31. The van der Waals surface area contributed by atoms with Gasteiger partial charge in [0, 0.05) is 0 Å². The van der Waals surface area contributed by atoms with Gasteiger partial charge in [0.25, 0.3) is 13.8 Å². The van der Waals surface area contributed by atoms with E-state index in [4.69, 9.17) is 0 Å². The Labute approximate surface area is 160 Å². The van der Waals surface area contributed by atoms with Crippen molar-refractivity contribution in [2.75, 3.05) is 5.75 Å².